The second-order valence-electron chi connectivity index (χ2n) is 9.27. The Morgan fingerprint density at radius 3 is 2.45 bits per heavy atom. The molecule has 3 aromatic rings. The molecule has 1 atom stereocenters. The van der Waals surface area contributed by atoms with Gasteiger partial charge in [-0.2, -0.15) is 13.2 Å². The quantitative estimate of drug-likeness (QED) is 0.457. The molecule has 38 heavy (non-hydrogen) atoms. The van der Waals surface area contributed by atoms with Gasteiger partial charge in [0.2, 0.25) is 5.91 Å². The van der Waals surface area contributed by atoms with Crippen LogP contribution in [-0.4, -0.2) is 34.8 Å². The van der Waals surface area contributed by atoms with Gasteiger partial charge in [0, 0.05) is 38.3 Å². The predicted octanol–water partition coefficient (Wildman–Crippen LogP) is 5.35. The van der Waals surface area contributed by atoms with Crippen LogP contribution in [0.2, 0.25) is 0 Å². The van der Waals surface area contributed by atoms with Crippen LogP contribution < -0.4 is 11.1 Å². The van der Waals surface area contributed by atoms with Crippen LogP contribution >= 0.6 is 0 Å². The molecule has 6 nitrogen and oxygen atoms in total. The lowest BCUT2D eigenvalue weighted by atomic mass is 9.95. The summed E-state index contributed by atoms with van der Waals surface area (Å²) in [6.07, 6.45) is -0.237. The monoisotopic (exact) mass is 522 g/mol. The highest BCUT2D eigenvalue weighted by Gasteiger charge is 2.31. The number of hydrogen-bond acceptors (Lipinski definition) is 4. The SMILES string of the molecule is CC(=O)N1CC=C(c2cc(C(=O)N[C@H](C)c3ccc(-c4cc(C(F)(F)F)ccc4CN)cc3)ccn2)CC1. The highest BCUT2D eigenvalue weighted by atomic mass is 19.4. The smallest absolute Gasteiger partial charge is 0.346 e. The second-order valence-corrected chi connectivity index (χ2v) is 9.27. The summed E-state index contributed by atoms with van der Waals surface area (Å²) >= 11 is 0. The average molecular weight is 523 g/mol. The van der Waals surface area contributed by atoms with Gasteiger partial charge in [0.1, 0.15) is 0 Å². The van der Waals surface area contributed by atoms with E-state index in [-0.39, 0.29) is 24.4 Å². The molecule has 1 aliphatic heterocycles. The number of carbonyl (C=O) groups is 2. The largest absolute Gasteiger partial charge is 0.416 e. The molecule has 0 fully saturated rings. The lowest BCUT2D eigenvalue weighted by Gasteiger charge is -2.25. The Hall–Kier alpha value is -3.98. The number of halogens is 3. The summed E-state index contributed by atoms with van der Waals surface area (Å²) in [5.41, 5.74) is 9.65. The van der Waals surface area contributed by atoms with E-state index >= 15 is 0 Å². The lowest BCUT2D eigenvalue weighted by Crippen LogP contribution is -2.32. The molecule has 3 N–H and O–H groups in total. The summed E-state index contributed by atoms with van der Waals surface area (Å²) < 4.78 is 39.7. The third kappa shape index (κ3) is 6.11. The normalized spacial score (nSPS) is 14.6. The molecule has 2 aromatic carbocycles. The van der Waals surface area contributed by atoms with Gasteiger partial charge in [0.25, 0.3) is 5.91 Å². The number of amides is 2. The number of nitrogens with two attached hydrogens (primary N) is 1. The third-order valence-electron chi connectivity index (χ3n) is 6.73. The number of nitrogens with one attached hydrogen (secondary N) is 1. The van der Waals surface area contributed by atoms with Crippen LogP contribution in [0.3, 0.4) is 0 Å². The van der Waals surface area contributed by atoms with Crippen molar-refractivity contribution < 1.29 is 22.8 Å². The Morgan fingerprint density at radius 1 is 1.11 bits per heavy atom. The molecule has 2 heterocycles. The van der Waals surface area contributed by atoms with Crippen molar-refractivity contribution in [2.75, 3.05) is 13.1 Å². The number of alkyl halides is 3. The number of benzene rings is 2. The fourth-order valence-corrected chi connectivity index (χ4v) is 4.45. The van der Waals surface area contributed by atoms with Crippen molar-refractivity contribution in [2.45, 2.75) is 39.0 Å². The minimum Gasteiger partial charge on any atom is -0.346 e. The first-order chi connectivity index (χ1) is 18.1. The van der Waals surface area contributed by atoms with Crippen molar-refractivity contribution in [3.05, 3.63) is 94.8 Å². The molecule has 4 rings (SSSR count). The van der Waals surface area contributed by atoms with E-state index in [2.05, 4.69) is 10.3 Å². The van der Waals surface area contributed by atoms with Gasteiger partial charge >= 0.3 is 6.18 Å². The molecule has 1 aromatic heterocycles. The van der Waals surface area contributed by atoms with Gasteiger partial charge in [-0.05, 0) is 65.4 Å². The number of aromatic nitrogens is 1. The minimum atomic E-state index is -4.45. The number of hydrogen-bond donors (Lipinski definition) is 2. The molecular formula is C29H29F3N4O2. The third-order valence-corrected chi connectivity index (χ3v) is 6.73. The van der Waals surface area contributed by atoms with Crippen molar-refractivity contribution in [1.82, 2.24) is 15.2 Å². The zero-order valence-corrected chi connectivity index (χ0v) is 21.2. The van der Waals surface area contributed by atoms with E-state index in [0.29, 0.717) is 47.5 Å². The summed E-state index contributed by atoms with van der Waals surface area (Å²) in [5, 5.41) is 2.97. The molecule has 0 spiro atoms. The van der Waals surface area contributed by atoms with Crippen LogP contribution in [0.5, 0.6) is 0 Å². The van der Waals surface area contributed by atoms with E-state index in [1.165, 1.54) is 6.07 Å². The topological polar surface area (TPSA) is 88.3 Å². The van der Waals surface area contributed by atoms with E-state index in [4.69, 9.17) is 5.73 Å². The van der Waals surface area contributed by atoms with Crippen molar-refractivity contribution in [1.29, 1.82) is 0 Å². The molecule has 0 saturated carbocycles. The average Bonchev–Trinajstić information content (AvgIpc) is 2.92. The Labute approximate surface area is 219 Å². The van der Waals surface area contributed by atoms with E-state index in [1.54, 1.807) is 54.4 Å². The summed E-state index contributed by atoms with van der Waals surface area (Å²) in [7, 11) is 0. The van der Waals surface area contributed by atoms with Crippen molar-refractivity contribution in [3.8, 4) is 11.1 Å². The number of nitrogens with zero attached hydrogens (tertiary/aromatic N) is 2. The maximum absolute atomic E-state index is 13.2. The zero-order chi connectivity index (χ0) is 27.4. The maximum Gasteiger partial charge on any atom is 0.416 e. The molecular weight excluding hydrogens is 493 g/mol. The minimum absolute atomic E-state index is 0.0260. The molecule has 1 aliphatic rings. The zero-order valence-electron chi connectivity index (χ0n) is 21.2. The van der Waals surface area contributed by atoms with Gasteiger partial charge in [0.05, 0.1) is 17.3 Å². The van der Waals surface area contributed by atoms with Crippen LogP contribution in [0, 0.1) is 0 Å². The highest BCUT2D eigenvalue weighted by Crippen LogP contribution is 2.34. The highest BCUT2D eigenvalue weighted by molar-refractivity contribution is 5.95. The molecule has 0 unspecified atom stereocenters. The van der Waals surface area contributed by atoms with Crippen LogP contribution in [0.1, 0.15) is 59.1 Å². The van der Waals surface area contributed by atoms with E-state index < -0.39 is 11.7 Å². The first-order valence-corrected chi connectivity index (χ1v) is 12.3. The van der Waals surface area contributed by atoms with Crippen LogP contribution in [0.15, 0.2) is 66.9 Å². The van der Waals surface area contributed by atoms with Gasteiger partial charge in [-0.1, -0.05) is 36.4 Å². The maximum atomic E-state index is 13.2. The van der Waals surface area contributed by atoms with Gasteiger partial charge in [-0.25, -0.2) is 0 Å². The standard InChI is InChI=1S/C29H29F3N4O2/c1-18(20-3-5-21(6-4-20)26-16-25(29(30,31)32)8-7-24(26)17-33)35-28(38)23-9-12-34-27(15-23)22-10-13-36(14-11-22)19(2)37/h3-10,12,15-16,18H,11,13-14,17,33H2,1-2H3,(H,35,38)/t18-/m1/s1. The summed E-state index contributed by atoms with van der Waals surface area (Å²) in [6, 6.07) is 13.6. The molecule has 0 radical (unpaired) electrons. The predicted molar refractivity (Wildman–Crippen MR) is 140 cm³/mol. The van der Waals surface area contributed by atoms with Gasteiger partial charge < -0.3 is 16.0 Å². The Bertz CT molecular complexity index is 1370. The molecule has 2 amide bonds. The van der Waals surface area contributed by atoms with Crippen LogP contribution in [0.4, 0.5) is 13.2 Å². The Kier molecular flexibility index (Phi) is 7.97. The van der Waals surface area contributed by atoms with E-state index in [9.17, 15) is 22.8 Å². The van der Waals surface area contributed by atoms with Crippen LogP contribution in [-0.2, 0) is 17.5 Å². The fraction of sp³-hybridized carbons (Fsp3) is 0.276. The number of carbonyl (C=O) groups excluding carboxylic acids is 2. The first-order valence-electron chi connectivity index (χ1n) is 12.3. The van der Waals surface area contributed by atoms with Crippen molar-refractivity contribution in [3.63, 3.8) is 0 Å². The summed E-state index contributed by atoms with van der Waals surface area (Å²) in [4.78, 5) is 30.7. The first kappa shape index (κ1) is 27.1. The van der Waals surface area contributed by atoms with Gasteiger partial charge in [-0.3, -0.25) is 14.6 Å². The van der Waals surface area contributed by atoms with E-state index in [0.717, 1.165) is 23.3 Å². The lowest BCUT2D eigenvalue weighted by molar-refractivity contribution is -0.137. The van der Waals surface area contributed by atoms with Gasteiger partial charge in [-0.15, -0.1) is 0 Å². The Morgan fingerprint density at radius 2 is 1.84 bits per heavy atom. The molecule has 0 bridgehead atoms. The molecule has 0 aliphatic carbocycles. The summed E-state index contributed by atoms with van der Waals surface area (Å²) in [5.74, 6) is -0.242. The summed E-state index contributed by atoms with van der Waals surface area (Å²) in [6.45, 7) is 4.62. The van der Waals surface area contributed by atoms with Crippen molar-refractivity contribution >= 4 is 17.4 Å². The second kappa shape index (κ2) is 11.2. The Balaban J connectivity index is 1.47. The molecule has 198 valence electrons. The number of pyridine rings is 1. The fourth-order valence-electron chi connectivity index (χ4n) is 4.45. The van der Waals surface area contributed by atoms with Crippen molar-refractivity contribution in [2.24, 2.45) is 5.73 Å². The van der Waals surface area contributed by atoms with Crippen LogP contribution in [0.25, 0.3) is 16.7 Å². The van der Waals surface area contributed by atoms with E-state index in [1.807, 2.05) is 13.0 Å². The van der Waals surface area contributed by atoms with Gasteiger partial charge in [0.15, 0.2) is 0 Å². The molecule has 9 heteroatoms. The number of rotatable bonds is 6. The molecule has 0 saturated heterocycles.